The minimum Gasteiger partial charge on any atom is -0.469 e. The van der Waals surface area contributed by atoms with Gasteiger partial charge in [-0.05, 0) is 13.3 Å². The Kier molecular flexibility index (Phi) is 3.96. The van der Waals surface area contributed by atoms with E-state index in [2.05, 4.69) is 22.6 Å². The third-order valence-electron chi connectivity index (χ3n) is 2.38. The lowest BCUT2D eigenvalue weighted by Gasteiger charge is -2.24. The van der Waals surface area contributed by atoms with E-state index in [1.54, 1.807) is 0 Å². The molecule has 3 nitrogen and oxygen atoms in total. The number of methoxy groups -OCH3 is 1. The Hall–Kier alpha value is -0.830. The molecule has 0 spiro atoms. The Bertz CT molecular complexity index is 211. The summed E-state index contributed by atoms with van der Waals surface area (Å²) in [5, 5.41) is 0. The molecule has 74 valence electrons. The van der Waals surface area contributed by atoms with Crippen LogP contribution in [-0.4, -0.2) is 37.6 Å². The molecule has 0 amide bonds. The average molecular weight is 183 g/mol. The zero-order valence-electron chi connectivity index (χ0n) is 8.38. The van der Waals surface area contributed by atoms with Crippen molar-refractivity contribution in [3.05, 3.63) is 11.6 Å². The molecule has 1 aliphatic rings. The fourth-order valence-corrected chi connectivity index (χ4v) is 1.37. The summed E-state index contributed by atoms with van der Waals surface area (Å²) >= 11 is 0. The number of ether oxygens (including phenoxy) is 1. The van der Waals surface area contributed by atoms with Crippen LogP contribution in [0, 0.1) is 0 Å². The van der Waals surface area contributed by atoms with Crippen LogP contribution in [0.25, 0.3) is 0 Å². The van der Waals surface area contributed by atoms with Crippen molar-refractivity contribution in [2.24, 2.45) is 0 Å². The van der Waals surface area contributed by atoms with E-state index in [-0.39, 0.29) is 5.97 Å². The third-order valence-corrected chi connectivity index (χ3v) is 2.38. The lowest BCUT2D eigenvalue weighted by atomic mass is 10.1. The van der Waals surface area contributed by atoms with Crippen molar-refractivity contribution in [1.82, 2.24) is 4.90 Å². The fraction of sp³-hybridized carbons (Fsp3) is 0.700. The molecule has 3 heteroatoms. The van der Waals surface area contributed by atoms with Gasteiger partial charge in [-0.1, -0.05) is 11.6 Å². The first-order valence-corrected chi connectivity index (χ1v) is 4.67. The molecule has 13 heavy (non-hydrogen) atoms. The minimum atomic E-state index is -0.119. The lowest BCUT2D eigenvalue weighted by Crippen LogP contribution is -2.30. The van der Waals surface area contributed by atoms with Gasteiger partial charge in [-0.2, -0.15) is 0 Å². The van der Waals surface area contributed by atoms with E-state index in [1.807, 2.05) is 0 Å². The molecule has 0 radical (unpaired) electrons. The standard InChI is InChI=1S/C10H17NO2/c1-9-3-6-11(7-4-9)8-5-10(12)13-2/h3H,4-8H2,1-2H3. The van der Waals surface area contributed by atoms with Crippen molar-refractivity contribution < 1.29 is 9.53 Å². The molecule has 0 atom stereocenters. The van der Waals surface area contributed by atoms with E-state index in [4.69, 9.17) is 0 Å². The smallest absolute Gasteiger partial charge is 0.306 e. The normalized spacial score (nSPS) is 18.2. The molecular weight excluding hydrogens is 166 g/mol. The molecule has 0 saturated carbocycles. The van der Waals surface area contributed by atoms with E-state index in [1.165, 1.54) is 12.7 Å². The Labute approximate surface area is 79.4 Å². The van der Waals surface area contributed by atoms with Crippen molar-refractivity contribution in [3.8, 4) is 0 Å². The number of hydrogen-bond donors (Lipinski definition) is 0. The van der Waals surface area contributed by atoms with Crippen LogP contribution < -0.4 is 0 Å². The monoisotopic (exact) mass is 183 g/mol. The summed E-state index contributed by atoms with van der Waals surface area (Å²) in [7, 11) is 1.43. The second-order valence-corrected chi connectivity index (χ2v) is 3.43. The van der Waals surface area contributed by atoms with Gasteiger partial charge >= 0.3 is 5.97 Å². The van der Waals surface area contributed by atoms with Gasteiger partial charge in [-0.3, -0.25) is 9.69 Å². The molecule has 0 unspecified atom stereocenters. The first-order chi connectivity index (χ1) is 6.22. The number of carbonyl (C=O) groups is 1. The highest BCUT2D eigenvalue weighted by atomic mass is 16.5. The van der Waals surface area contributed by atoms with Crippen LogP contribution in [0.15, 0.2) is 11.6 Å². The second-order valence-electron chi connectivity index (χ2n) is 3.43. The van der Waals surface area contributed by atoms with Gasteiger partial charge in [0.1, 0.15) is 0 Å². The van der Waals surface area contributed by atoms with Gasteiger partial charge in [0.2, 0.25) is 0 Å². The fourth-order valence-electron chi connectivity index (χ4n) is 1.37. The highest BCUT2D eigenvalue weighted by Crippen LogP contribution is 2.09. The van der Waals surface area contributed by atoms with Crippen LogP contribution in [0.1, 0.15) is 19.8 Å². The van der Waals surface area contributed by atoms with Crippen LogP contribution in [0.3, 0.4) is 0 Å². The molecule has 1 heterocycles. The summed E-state index contributed by atoms with van der Waals surface area (Å²) in [5.74, 6) is -0.119. The maximum absolute atomic E-state index is 10.9. The first-order valence-electron chi connectivity index (χ1n) is 4.67. The van der Waals surface area contributed by atoms with Gasteiger partial charge < -0.3 is 4.74 Å². The van der Waals surface area contributed by atoms with Crippen molar-refractivity contribution >= 4 is 5.97 Å². The SMILES string of the molecule is COC(=O)CCN1CC=C(C)CC1. The summed E-state index contributed by atoms with van der Waals surface area (Å²) in [6.07, 6.45) is 3.85. The molecule has 0 saturated heterocycles. The minimum absolute atomic E-state index is 0.119. The molecule has 0 bridgehead atoms. The topological polar surface area (TPSA) is 29.5 Å². The zero-order valence-corrected chi connectivity index (χ0v) is 8.38. The van der Waals surface area contributed by atoms with E-state index in [9.17, 15) is 4.79 Å². The van der Waals surface area contributed by atoms with Crippen LogP contribution in [0.2, 0.25) is 0 Å². The Morgan fingerprint density at radius 3 is 3.00 bits per heavy atom. The van der Waals surface area contributed by atoms with Crippen molar-refractivity contribution in [1.29, 1.82) is 0 Å². The van der Waals surface area contributed by atoms with E-state index in [0.717, 1.165) is 26.1 Å². The predicted octanol–water partition coefficient (Wildman–Crippen LogP) is 1.20. The molecule has 0 aromatic heterocycles. The maximum Gasteiger partial charge on any atom is 0.306 e. The quantitative estimate of drug-likeness (QED) is 0.486. The van der Waals surface area contributed by atoms with Crippen molar-refractivity contribution in [2.75, 3.05) is 26.7 Å². The summed E-state index contributed by atoms with van der Waals surface area (Å²) in [5.41, 5.74) is 1.45. The van der Waals surface area contributed by atoms with Gasteiger partial charge in [-0.25, -0.2) is 0 Å². The van der Waals surface area contributed by atoms with E-state index < -0.39 is 0 Å². The highest BCUT2D eigenvalue weighted by Gasteiger charge is 2.10. The van der Waals surface area contributed by atoms with Gasteiger partial charge in [-0.15, -0.1) is 0 Å². The van der Waals surface area contributed by atoms with Crippen LogP contribution in [0.4, 0.5) is 0 Å². The predicted molar refractivity (Wildman–Crippen MR) is 51.4 cm³/mol. The Morgan fingerprint density at radius 1 is 1.69 bits per heavy atom. The highest BCUT2D eigenvalue weighted by molar-refractivity contribution is 5.69. The summed E-state index contributed by atoms with van der Waals surface area (Å²) < 4.78 is 4.58. The van der Waals surface area contributed by atoms with Gasteiger partial charge in [0.05, 0.1) is 13.5 Å². The first kappa shape index (κ1) is 10.3. The largest absolute Gasteiger partial charge is 0.469 e. The van der Waals surface area contributed by atoms with Crippen molar-refractivity contribution in [3.63, 3.8) is 0 Å². The molecule has 1 rings (SSSR count). The zero-order chi connectivity index (χ0) is 9.68. The molecule has 0 N–H and O–H groups in total. The van der Waals surface area contributed by atoms with Gasteiger partial charge in [0, 0.05) is 19.6 Å². The number of esters is 1. The molecule has 1 aliphatic heterocycles. The lowest BCUT2D eigenvalue weighted by molar-refractivity contribution is -0.140. The van der Waals surface area contributed by atoms with E-state index >= 15 is 0 Å². The second kappa shape index (κ2) is 5.02. The Balaban J connectivity index is 2.20. The Morgan fingerprint density at radius 2 is 2.46 bits per heavy atom. The number of carbonyl (C=O) groups excluding carboxylic acids is 1. The number of hydrogen-bond acceptors (Lipinski definition) is 3. The molecule has 0 aromatic rings. The van der Waals surface area contributed by atoms with Gasteiger partial charge in [0.25, 0.3) is 0 Å². The molecular formula is C10H17NO2. The molecule has 0 aliphatic carbocycles. The summed E-state index contributed by atoms with van der Waals surface area (Å²) in [6, 6.07) is 0. The van der Waals surface area contributed by atoms with Crippen LogP contribution in [-0.2, 0) is 9.53 Å². The summed E-state index contributed by atoms with van der Waals surface area (Å²) in [4.78, 5) is 13.1. The van der Waals surface area contributed by atoms with Crippen molar-refractivity contribution in [2.45, 2.75) is 19.8 Å². The summed E-state index contributed by atoms with van der Waals surface area (Å²) in [6.45, 7) is 5.01. The molecule has 0 fully saturated rings. The van der Waals surface area contributed by atoms with Crippen LogP contribution >= 0.6 is 0 Å². The molecule has 0 aromatic carbocycles. The average Bonchev–Trinajstić information content (AvgIpc) is 2.16. The van der Waals surface area contributed by atoms with E-state index in [0.29, 0.717) is 6.42 Å². The number of nitrogens with zero attached hydrogens (tertiary/aromatic N) is 1. The number of rotatable bonds is 3. The van der Waals surface area contributed by atoms with Gasteiger partial charge in [0.15, 0.2) is 0 Å². The maximum atomic E-state index is 10.9. The third kappa shape index (κ3) is 3.59. The van der Waals surface area contributed by atoms with Crippen LogP contribution in [0.5, 0.6) is 0 Å².